The lowest BCUT2D eigenvalue weighted by atomic mass is 9.99. The summed E-state index contributed by atoms with van der Waals surface area (Å²) >= 11 is 0. The first-order valence-electron chi connectivity index (χ1n) is 5.01. The summed E-state index contributed by atoms with van der Waals surface area (Å²) in [6.07, 6.45) is 3.20. The molecule has 13 heavy (non-hydrogen) atoms. The number of ether oxygens (including phenoxy) is 1. The van der Waals surface area contributed by atoms with Crippen molar-refractivity contribution in [1.82, 2.24) is 0 Å². The molecule has 1 N–H and O–H groups in total. The topological polar surface area (TPSA) is 46.5 Å². The molecule has 0 aliphatic rings. The number of hydrogen-bond donors (Lipinski definition) is 1. The minimum absolute atomic E-state index is 0.156. The fraction of sp³-hybridized carbons (Fsp3) is 0.900. The predicted octanol–water partition coefficient (Wildman–Crippen LogP) is 1.74. The van der Waals surface area contributed by atoms with Gasteiger partial charge in [-0.1, -0.05) is 13.3 Å². The molecule has 0 bridgehead atoms. The van der Waals surface area contributed by atoms with Crippen molar-refractivity contribution in [3.8, 4) is 0 Å². The molecule has 0 aromatic heterocycles. The zero-order chi connectivity index (χ0) is 10.1. The van der Waals surface area contributed by atoms with Crippen LogP contribution in [0.1, 0.15) is 39.5 Å². The summed E-state index contributed by atoms with van der Waals surface area (Å²) in [4.78, 5) is 11.0. The molecule has 3 nitrogen and oxygen atoms in total. The molecule has 0 amide bonds. The van der Waals surface area contributed by atoms with E-state index in [0.29, 0.717) is 13.0 Å². The molecule has 0 heterocycles. The summed E-state index contributed by atoms with van der Waals surface area (Å²) in [6, 6.07) is 0. The molecule has 3 heteroatoms. The summed E-state index contributed by atoms with van der Waals surface area (Å²) in [5.74, 6) is 0.103. The first kappa shape index (κ1) is 12.4. The van der Waals surface area contributed by atoms with Crippen molar-refractivity contribution in [1.29, 1.82) is 0 Å². The van der Waals surface area contributed by atoms with E-state index in [2.05, 4.69) is 6.92 Å². The van der Waals surface area contributed by atoms with Gasteiger partial charge in [0.05, 0.1) is 6.61 Å². The fourth-order valence-corrected chi connectivity index (χ4v) is 1.29. The van der Waals surface area contributed by atoms with Crippen molar-refractivity contribution < 1.29 is 14.6 Å². The van der Waals surface area contributed by atoms with Crippen molar-refractivity contribution in [3.63, 3.8) is 0 Å². The molecule has 1 atom stereocenters. The molecule has 0 saturated carbocycles. The lowest BCUT2D eigenvalue weighted by Crippen LogP contribution is -2.10. The minimum Gasteiger partial charge on any atom is -0.466 e. The van der Waals surface area contributed by atoms with Crippen molar-refractivity contribution in [2.45, 2.75) is 39.5 Å². The summed E-state index contributed by atoms with van der Waals surface area (Å²) in [7, 11) is 0. The van der Waals surface area contributed by atoms with Gasteiger partial charge in [0.2, 0.25) is 0 Å². The Morgan fingerprint density at radius 1 is 1.38 bits per heavy atom. The third-order valence-electron chi connectivity index (χ3n) is 2.02. The highest BCUT2D eigenvalue weighted by Gasteiger charge is 2.09. The highest BCUT2D eigenvalue weighted by Crippen LogP contribution is 2.12. The largest absolute Gasteiger partial charge is 0.466 e. The molecule has 78 valence electrons. The number of rotatable bonds is 7. The van der Waals surface area contributed by atoms with Crippen LogP contribution in [0.25, 0.3) is 0 Å². The maximum atomic E-state index is 11.0. The molecule has 0 radical (unpaired) electrons. The van der Waals surface area contributed by atoms with Gasteiger partial charge < -0.3 is 9.84 Å². The lowest BCUT2D eigenvalue weighted by Gasteiger charge is -2.11. The third kappa shape index (κ3) is 6.58. The van der Waals surface area contributed by atoms with Gasteiger partial charge in [-0.25, -0.2) is 0 Å². The quantitative estimate of drug-likeness (QED) is 0.619. The third-order valence-corrected chi connectivity index (χ3v) is 2.02. The van der Waals surface area contributed by atoms with Gasteiger partial charge in [-0.15, -0.1) is 0 Å². The second kappa shape index (κ2) is 8.05. The van der Waals surface area contributed by atoms with Gasteiger partial charge in [-0.05, 0) is 25.7 Å². The van der Waals surface area contributed by atoms with Crippen LogP contribution in [0, 0.1) is 5.92 Å². The van der Waals surface area contributed by atoms with Gasteiger partial charge in [-0.3, -0.25) is 4.79 Å². The maximum Gasteiger partial charge on any atom is 0.305 e. The van der Waals surface area contributed by atoms with Crippen LogP contribution < -0.4 is 0 Å². The smallest absolute Gasteiger partial charge is 0.305 e. The summed E-state index contributed by atoms with van der Waals surface area (Å²) in [5, 5.41) is 8.95. The van der Waals surface area contributed by atoms with Crippen LogP contribution in [0.5, 0.6) is 0 Å². The van der Waals surface area contributed by atoms with Crippen LogP contribution in [0.2, 0.25) is 0 Å². The van der Waals surface area contributed by atoms with Crippen molar-refractivity contribution in [2.75, 3.05) is 13.2 Å². The van der Waals surface area contributed by atoms with Gasteiger partial charge in [0, 0.05) is 13.0 Å². The zero-order valence-electron chi connectivity index (χ0n) is 8.58. The Labute approximate surface area is 80.1 Å². The maximum absolute atomic E-state index is 11.0. The molecule has 0 unspecified atom stereocenters. The molecular formula is C10H20O3. The van der Waals surface area contributed by atoms with Crippen LogP contribution >= 0.6 is 0 Å². The number of carbonyl (C=O) groups excluding carboxylic acids is 1. The summed E-state index contributed by atoms with van der Waals surface area (Å²) in [5.41, 5.74) is 0. The van der Waals surface area contributed by atoms with Crippen LogP contribution in [-0.2, 0) is 9.53 Å². The Balaban J connectivity index is 3.52. The number of esters is 1. The molecule has 0 spiro atoms. The molecular weight excluding hydrogens is 168 g/mol. The van der Waals surface area contributed by atoms with E-state index in [0.717, 1.165) is 19.3 Å². The van der Waals surface area contributed by atoms with E-state index in [4.69, 9.17) is 9.84 Å². The Kier molecular flexibility index (Phi) is 7.69. The highest BCUT2D eigenvalue weighted by molar-refractivity contribution is 5.69. The van der Waals surface area contributed by atoms with Gasteiger partial charge in [-0.2, -0.15) is 0 Å². The van der Waals surface area contributed by atoms with Gasteiger partial charge in [0.1, 0.15) is 0 Å². The Morgan fingerprint density at radius 2 is 2.08 bits per heavy atom. The Bertz CT molecular complexity index is 134. The average molecular weight is 188 g/mol. The van der Waals surface area contributed by atoms with Crippen LogP contribution in [0.3, 0.4) is 0 Å². The lowest BCUT2D eigenvalue weighted by molar-refractivity contribution is -0.143. The molecule has 0 aromatic rings. The Hall–Kier alpha value is -0.570. The zero-order valence-corrected chi connectivity index (χ0v) is 8.58. The molecule has 0 aromatic carbocycles. The monoisotopic (exact) mass is 188 g/mol. The van der Waals surface area contributed by atoms with E-state index < -0.39 is 0 Å². The molecule has 0 rings (SSSR count). The van der Waals surface area contributed by atoms with Crippen LogP contribution in [0.15, 0.2) is 0 Å². The first-order chi connectivity index (χ1) is 6.24. The molecule has 0 aliphatic carbocycles. The van der Waals surface area contributed by atoms with Gasteiger partial charge in [0.15, 0.2) is 0 Å². The van der Waals surface area contributed by atoms with E-state index >= 15 is 0 Å². The first-order valence-corrected chi connectivity index (χ1v) is 5.01. The van der Waals surface area contributed by atoms with E-state index in [9.17, 15) is 4.79 Å². The minimum atomic E-state index is -0.156. The highest BCUT2D eigenvalue weighted by atomic mass is 16.5. The standard InChI is InChI=1S/C10H20O3/c1-3-5-9(8-11)6-7-10(12)13-4-2/h9,11H,3-8H2,1-2H3/t9-/m1/s1. The molecule has 0 saturated heterocycles. The van der Waals surface area contributed by atoms with Crippen LogP contribution in [0.4, 0.5) is 0 Å². The second-order valence-corrected chi connectivity index (χ2v) is 3.18. The van der Waals surface area contributed by atoms with E-state index in [1.165, 1.54) is 0 Å². The van der Waals surface area contributed by atoms with Crippen molar-refractivity contribution in [2.24, 2.45) is 5.92 Å². The van der Waals surface area contributed by atoms with Crippen molar-refractivity contribution in [3.05, 3.63) is 0 Å². The summed E-state index contributed by atoms with van der Waals surface area (Å²) in [6.45, 7) is 4.49. The summed E-state index contributed by atoms with van der Waals surface area (Å²) < 4.78 is 4.79. The fourth-order valence-electron chi connectivity index (χ4n) is 1.29. The number of carbonyl (C=O) groups is 1. The van der Waals surface area contributed by atoms with Gasteiger partial charge >= 0.3 is 5.97 Å². The van der Waals surface area contributed by atoms with E-state index in [1.807, 2.05) is 0 Å². The normalized spacial score (nSPS) is 12.5. The Morgan fingerprint density at radius 3 is 2.54 bits per heavy atom. The van der Waals surface area contributed by atoms with Crippen molar-refractivity contribution >= 4 is 5.97 Å². The van der Waals surface area contributed by atoms with Crippen LogP contribution in [-0.4, -0.2) is 24.3 Å². The van der Waals surface area contributed by atoms with E-state index in [-0.39, 0.29) is 18.5 Å². The predicted molar refractivity (Wildman–Crippen MR) is 51.4 cm³/mol. The van der Waals surface area contributed by atoms with Gasteiger partial charge in [0.25, 0.3) is 0 Å². The SMILES string of the molecule is CCC[C@@H](CO)CCC(=O)OCC. The molecule has 0 aliphatic heterocycles. The second-order valence-electron chi connectivity index (χ2n) is 3.18. The average Bonchev–Trinajstić information content (AvgIpc) is 2.12. The number of aliphatic hydroxyl groups is 1. The molecule has 0 fully saturated rings. The number of aliphatic hydroxyl groups excluding tert-OH is 1. The van der Waals surface area contributed by atoms with E-state index in [1.54, 1.807) is 6.92 Å². The number of hydrogen-bond acceptors (Lipinski definition) is 3.